The van der Waals surface area contributed by atoms with Crippen LogP contribution in [0.5, 0.6) is 0 Å². The van der Waals surface area contributed by atoms with E-state index in [0.29, 0.717) is 82.5 Å². The van der Waals surface area contributed by atoms with Gasteiger partial charge in [0.15, 0.2) is 23.3 Å². The van der Waals surface area contributed by atoms with Crippen molar-refractivity contribution in [1.29, 1.82) is 0 Å². The van der Waals surface area contributed by atoms with Crippen molar-refractivity contribution >= 4 is 120 Å². The average molecular weight is 1750 g/mol. The summed E-state index contributed by atoms with van der Waals surface area (Å²) in [6.45, 7) is 23.2. The number of hydrogen-bond acceptors (Lipinski definition) is 22. The Kier molecular flexibility index (Phi) is 29.0. The van der Waals surface area contributed by atoms with Gasteiger partial charge in [0.2, 0.25) is 35.5 Å². The minimum Gasteiger partial charge on any atom is -0.326 e. The maximum atomic E-state index is 15.1. The van der Waals surface area contributed by atoms with Crippen LogP contribution >= 0.6 is 39.5 Å². The van der Waals surface area contributed by atoms with Gasteiger partial charge in [-0.25, -0.2) is 57.4 Å². The number of aromatic nitrogens is 10. The molecule has 2 unspecified atom stereocenters. The van der Waals surface area contributed by atoms with Crippen molar-refractivity contribution in [2.24, 2.45) is 0 Å². The highest BCUT2D eigenvalue weighted by Gasteiger charge is 2.42. The van der Waals surface area contributed by atoms with Crippen molar-refractivity contribution in [1.82, 2.24) is 89.5 Å². The Morgan fingerprint density at radius 1 is 0.496 bits per heavy atom. The van der Waals surface area contributed by atoms with Crippen LogP contribution in [0.4, 0.5) is 41.1 Å². The Bertz CT molecular complexity index is 5440. The Morgan fingerprint density at radius 3 is 1.36 bits per heavy atom. The highest BCUT2D eigenvalue weighted by molar-refractivity contribution is 9.09. The number of rotatable bonds is 29. The number of anilines is 4. The predicted molar refractivity (Wildman–Crippen MR) is 464 cm³/mol. The summed E-state index contributed by atoms with van der Waals surface area (Å²) >= 11 is 7.02. The van der Waals surface area contributed by atoms with Gasteiger partial charge in [0.1, 0.15) is 57.8 Å². The molecule has 26 nitrogen and oxygen atoms in total. The van der Waals surface area contributed by atoms with Crippen LogP contribution in [0, 0.1) is 37.1 Å². The number of imidazole rings is 2. The summed E-state index contributed by atoms with van der Waals surface area (Å²) in [5.74, 6) is 0.932. The molecule has 33 heteroatoms. The van der Waals surface area contributed by atoms with E-state index in [1.54, 1.807) is 45.5 Å². The number of unbranched alkanes of at least 4 members (excludes halogenated alkanes) is 6. The summed E-state index contributed by atoms with van der Waals surface area (Å²) in [6, 6.07) is 24.3. The highest BCUT2D eigenvalue weighted by Crippen LogP contribution is 2.39. The number of carbonyl (C=O) groups excluding carboxylic acids is 6. The highest BCUT2D eigenvalue weighted by atomic mass is 79.9. The number of piperidine rings is 2. The minimum absolute atomic E-state index is 0.00721. The van der Waals surface area contributed by atoms with Crippen LogP contribution in [0.3, 0.4) is 0 Å². The monoisotopic (exact) mass is 1750 g/mol. The molecular weight excluding hydrogens is 1650 g/mol. The largest absolute Gasteiger partial charge is 0.326 e. The van der Waals surface area contributed by atoms with E-state index in [2.05, 4.69) is 109 Å². The lowest BCUT2D eigenvalue weighted by atomic mass is 10.0. The molecule has 12 heterocycles. The molecular formula is C88H101BrF4N20O6S2. The summed E-state index contributed by atoms with van der Waals surface area (Å²) in [5, 5.41) is 15.2. The van der Waals surface area contributed by atoms with Crippen molar-refractivity contribution in [3.63, 3.8) is 0 Å². The first-order valence-electron chi connectivity index (χ1n) is 41.6. The van der Waals surface area contributed by atoms with Gasteiger partial charge >= 0.3 is 0 Å². The van der Waals surface area contributed by atoms with Crippen molar-refractivity contribution in [2.75, 3.05) is 86.4 Å². The van der Waals surface area contributed by atoms with E-state index >= 15 is 8.78 Å². The Hall–Kier alpha value is -10.2. The molecule has 6 amide bonds. The number of amides is 6. The number of fused-ring (bicyclic) bond motifs is 4. The molecule has 5 N–H and O–H groups in total. The molecule has 636 valence electrons. The number of imide groups is 2. The third kappa shape index (κ3) is 21.1. The molecule has 16 rings (SSSR count). The zero-order valence-electron chi connectivity index (χ0n) is 68.9. The summed E-state index contributed by atoms with van der Waals surface area (Å²) in [7, 11) is 0. The summed E-state index contributed by atoms with van der Waals surface area (Å²) in [6.07, 6.45) is 16.5. The number of nitrogens with zero attached hydrogens (tertiary/aromatic N) is 15. The zero-order valence-corrected chi connectivity index (χ0v) is 72.1. The lowest BCUT2D eigenvalue weighted by molar-refractivity contribution is -0.138. The van der Waals surface area contributed by atoms with Crippen LogP contribution in [-0.4, -0.2) is 197 Å². The molecule has 0 radical (unpaired) electrons. The first-order valence-corrected chi connectivity index (χ1v) is 44.7. The molecule has 0 saturated carbocycles. The summed E-state index contributed by atoms with van der Waals surface area (Å²) < 4.78 is 63.6. The van der Waals surface area contributed by atoms with E-state index in [9.17, 15) is 37.5 Å². The molecule has 121 heavy (non-hydrogen) atoms. The quantitative estimate of drug-likeness (QED) is 0.00957. The SMILES string of the molecule is Cc1nc2c(F)cc(-c3nc(Nc4ccc(CN5CCN(CCCCCCSc6cccc7c6CN(C6CCC(=O)NC6=O)C7=O)CC5)cn4)ncc3F)cc2n1C(C)C.Cc1nc2c(F)cc(-c3nc(Nc4ccc(CN5CCNCC5)cn4)ncc3F)cc2n1C(C)C.O=C1CCC(N2Cc3c(SCCCCCCBr)cccc3C2=O)C(=O)N1. The van der Waals surface area contributed by atoms with E-state index in [1.807, 2.05) is 112 Å². The van der Waals surface area contributed by atoms with Gasteiger partial charge in [0.05, 0.1) is 23.4 Å². The van der Waals surface area contributed by atoms with Gasteiger partial charge in [0.25, 0.3) is 11.8 Å². The van der Waals surface area contributed by atoms with Gasteiger partial charge in [-0.15, -0.1) is 23.5 Å². The number of hydrogen-bond donors (Lipinski definition) is 5. The van der Waals surface area contributed by atoms with Crippen LogP contribution in [-0.2, 0) is 45.4 Å². The molecule has 4 aromatic carbocycles. The van der Waals surface area contributed by atoms with Crippen molar-refractivity contribution in [3.8, 4) is 22.5 Å². The molecule has 2 atom stereocenters. The first kappa shape index (κ1) is 87.2. The van der Waals surface area contributed by atoms with Gasteiger partial charge in [-0.1, -0.05) is 65.9 Å². The topological polar surface area (TPSA) is 292 Å². The lowest BCUT2D eigenvalue weighted by Gasteiger charge is -2.34. The fourth-order valence-corrected chi connectivity index (χ4v) is 19.0. The first-order chi connectivity index (χ1) is 58.5. The Morgan fingerprint density at radius 2 is 0.934 bits per heavy atom. The van der Waals surface area contributed by atoms with E-state index < -0.39 is 35.4 Å². The number of aryl methyl sites for hydroxylation is 2. The molecule has 6 aliphatic rings. The zero-order chi connectivity index (χ0) is 85.0. The van der Waals surface area contributed by atoms with Crippen molar-refractivity contribution < 1.29 is 46.3 Å². The minimum atomic E-state index is -0.655. The second-order valence-electron chi connectivity index (χ2n) is 31.8. The maximum absolute atomic E-state index is 15.1. The van der Waals surface area contributed by atoms with Crippen molar-refractivity contribution in [2.45, 2.75) is 179 Å². The summed E-state index contributed by atoms with van der Waals surface area (Å²) in [5.41, 5.74) is 7.88. The second-order valence-corrected chi connectivity index (χ2v) is 34.8. The van der Waals surface area contributed by atoms with E-state index in [4.69, 9.17) is 0 Å². The molecule has 6 aromatic heterocycles. The van der Waals surface area contributed by atoms with E-state index in [0.717, 1.165) is 159 Å². The van der Waals surface area contributed by atoms with Crippen LogP contribution < -0.4 is 26.6 Å². The maximum Gasteiger partial charge on any atom is 0.255 e. The number of piperazine rings is 2. The van der Waals surface area contributed by atoms with Gasteiger partial charge in [-0.3, -0.25) is 49.2 Å². The second kappa shape index (κ2) is 40.2. The smallest absolute Gasteiger partial charge is 0.255 e. The standard InChI is InChI=1S/C44H50F2N10O3S.C25H28F2N8.C19H23BrN2O3S/c1-27(2)56-28(3)49-41-33(45)21-30(22-36(41)56)40-34(46)24-48-44(52-40)50-38-13-11-29(23-47-38)25-54-18-16-53(17-19-54)15-6-4-5-7-20-60-37-10-8-9-31-32(37)26-55(43(31)59)35-12-14-39(57)51-42(35)58;1-15(2)35-16(3)31-24-19(26)10-18(11-21(24)35)23-20(27)13-30-25(33-23)32-22-5-4-17(12-29-22)14-34-8-6-28-7-9-34;20-10-3-1-2-4-11-26-16-7-5-6-13-14(16)12-22(19(13)25)15-8-9-17(23)21-18(15)24/h8-11,13,21-24,27,35H,4-7,12,14-20,25-26H2,1-3H3,(H,51,57,58)(H,47,48,50,52);4-5,10-13,15,28H,6-9,14H2,1-3H3,(H,29,30,32,33);5-7,15H,1-4,8-12H2,(H,21,23,24). The van der Waals surface area contributed by atoms with Crippen LogP contribution in [0.15, 0.2) is 120 Å². The molecule has 4 fully saturated rings. The van der Waals surface area contributed by atoms with Crippen molar-refractivity contribution in [3.05, 3.63) is 178 Å². The summed E-state index contributed by atoms with van der Waals surface area (Å²) in [4.78, 5) is 121. The lowest BCUT2D eigenvalue weighted by Crippen LogP contribution is -2.52. The van der Waals surface area contributed by atoms with Gasteiger partial charge in [0, 0.05) is 153 Å². The number of carbonyl (C=O) groups is 6. The van der Waals surface area contributed by atoms with Crippen LogP contribution in [0.25, 0.3) is 44.6 Å². The fourth-order valence-electron chi connectivity index (χ4n) is 16.4. The normalized spacial score (nSPS) is 17.2. The fraction of sp³-hybridized carbons (Fsp3) is 0.432. The van der Waals surface area contributed by atoms with Gasteiger partial charge in [-0.05, 0) is 181 Å². The number of nitrogens with one attached hydrogen (secondary N) is 5. The van der Waals surface area contributed by atoms with Gasteiger partial charge in [-0.2, -0.15) is 0 Å². The number of pyridine rings is 2. The third-order valence-corrected chi connectivity index (χ3v) is 25.5. The number of alkyl halides is 1. The average Bonchev–Trinajstić information content (AvgIpc) is 1.68. The Labute approximate surface area is 717 Å². The molecule has 4 saturated heterocycles. The predicted octanol–water partition coefficient (Wildman–Crippen LogP) is 14.7. The number of benzene rings is 4. The molecule has 0 aliphatic carbocycles. The Balaban J connectivity index is 0.000000165. The van der Waals surface area contributed by atoms with E-state index in [1.165, 1.54) is 37.8 Å². The third-order valence-electron chi connectivity index (χ3n) is 22.5. The number of halogens is 5. The van der Waals surface area contributed by atoms with Gasteiger partial charge < -0.3 is 39.8 Å². The molecule has 10 aromatic rings. The van der Waals surface area contributed by atoms with Crippen LogP contribution in [0.1, 0.15) is 171 Å². The van der Waals surface area contributed by atoms with Crippen LogP contribution in [0.2, 0.25) is 0 Å². The van der Waals surface area contributed by atoms with E-state index in [-0.39, 0.29) is 94.7 Å². The molecule has 0 spiro atoms. The number of thioether (sulfide) groups is 2. The molecule has 6 aliphatic heterocycles. The molecule has 0 bridgehead atoms.